The Balaban J connectivity index is 1.57. The molecular weight excluding hydrogens is 316 g/mol. The quantitative estimate of drug-likeness (QED) is 0.822. The lowest BCUT2D eigenvalue weighted by Crippen LogP contribution is -2.52. The van der Waals surface area contributed by atoms with Crippen LogP contribution in [0.5, 0.6) is 0 Å². The lowest BCUT2D eigenvalue weighted by molar-refractivity contribution is -0.128. The van der Waals surface area contributed by atoms with E-state index in [-0.39, 0.29) is 24.6 Å². The van der Waals surface area contributed by atoms with E-state index < -0.39 is 0 Å². The van der Waals surface area contributed by atoms with Gasteiger partial charge in [0.05, 0.1) is 18.7 Å². The van der Waals surface area contributed by atoms with Crippen LogP contribution in [0.25, 0.3) is 0 Å². The zero-order valence-corrected chi connectivity index (χ0v) is 15.1. The van der Waals surface area contributed by atoms with Gasteiger partial charge in [0, 0.05) is 19.3 Å². The van der Waals surface area contributed by atoms with Crippen LogP contribution in [0.4, 0.5) is 0 Å². The van der Waals surface area contributed by atoms with Crippen LogP contribution in [0.2, 0.25) is 0 Å². The Morgan fingerprint density at radius 3 is 2.68 bits per heavy atom. The molecule has 1 aromatic rings. The van der Waals surface area contributed by atoms with E-state index in [4.69, 9.17) is 4.74 Å². The average molecular weight is 346 g/mol. The minimum Gasteiger partial charge on any atom is -0.394 e. The van der Waals surface area contributed by atoms with Crippen LogP contribution >= 0.6 is 0 Å². The molecule has 2 aliphatic rings. The monoisotopic (exact) mass is 346 g/mol. The minimum atomic E-state index is -0.229. The van der Waals surface area contributed by atoms with Gasteiger partial charge in [0.15, 0.2) is 0 Å². The number of aliphatic hydroxyl groups is 1. The number of aliphatic hydroxyl groups excluding tert-OH is 1. The zero-order chi connectivity index (χ0) is 17.6. The number of amides is 1. The van der Waals surface area contributed by atoms with Crippen LogP contribution in [0.15, 0.2) is 24.3 Å². The summed E-state index contributed by atoms with van der Waals surface area (Å²) in [5, 5.41) is 12.8. The van der Waals surface area contributed by atoms with Crippen molar-refractivity contribution in [1.29, 1.82) is 0 Å². The number of carbonyl (C=O) groups excluding carboxylic acids is 1. The highest BCUT2D eigenvalue weighted by molar-refractivity contribution is 5.82. The molecule has 5 heteroatoms. The van der Waals surface area contributed by atoms with Gasteiger partial charge in [-0.25, -0.2) is 0 Å². The number of hydrogen-bond acceptors (Lipinski definition) is 4. The molecule has 0 saturated carbocycles. The summed E-state index contributed by atoms with van der Waals surface area (Å²) >= 11 is 0. The van der Waals surface area contributed by atoms with Gasteiger partial charge in [-0.2, -0.15) is 0 Å². The number of carbonyl (C=O) groups is 1. The standard InChI is InChI=1S/C20H30N2O3/c1-15-4-6-16(7-5-15)13-17(14-23)21-20(24)19-3-2-10-22(19)18-8-11-25-12-9-18/h4-7,17-19,23H,2-3,8-14H2,1H3,(H,21,24). The lowest BCUT2D eigenvalue weighted by atomic mass is 10.0. The van der Waals surface area contributed by atoms with Crippen molar-refractivity contribution >= 4 is 5.91 Å². The molecule has 1 aromatic carbocycles. The fraction of sp³-hybridized carbons (Fsp3) is 0.650. The summed E-state index contributed by atoms with van der Waals surface area (Å²) in [5.41, 5.74) is 2.35. The van der Waals surface area contributed by atoms with Gasteiger partial charge >= 0.3 is 0 Å². The fourth-order valence-corrected chi connectivity index (χ4v) is 3.99. The van der Waals surface area contributed by atoms with Crippen LogP contribution in [0.1, 0.15) is 36.8 Å². The van der Waals surface area contributed by atoms with Gasteiger partial charge < -0.3 is 15.2 Å². The summed E-state index contributed by atoms with van der Waals surface area (Å²) in [5.74, 6) is 0.0650. The summed E-state index contributed by atoms with van der Waals surface area (Å²) in [6.07, 6.45) is 4.66. The largest absolute Gasteiger partial charge is 0.394 e. The van der Waals surface area contributed by atoms with Crippen molar-refractivity contribution < 1.29 is 14.6 Å². The minimum absolute atomic E-state index is 0.0381. The summed E-state index contributed by atoms with van der Waals surface area (Å²) in [6.45, 7) is 4.60. The van der Waals surface area contributed by atoms with E-state index in [0.29, 0.717) is 12.5 Å². The first-order chi connectivity index (χ1) is 12.2. The molecule has 5 nitrogen and oxygen atoms in total. The lowest BCUT2D eigenvalue weighted by Gasteiger charge is -2.35. The van der Waals surface area contributed by atoms with Crippen LogP contribution in [-0.2, 0) is 16.0 Å². The van der Waals surface area contributed by atoms with E-state index in [9.17, 15) is 9.90 Å². The number of aryl methyl sites for hydroxylation is 1. The highest BCUT2D eigenvalue weighted by Gasteiger charge is 2.36. The van der Waals surface area contributed by atoms with E-state index >= 15 is 0 Å². The molecule has 2 N–H and O–H groups in total. The summed E-state index contributed by atoms with van der Waals surface area (Å²) in [7, 11) is 0. The van der Waals surface area contributed by atoms with Crippen LogP contribution in [0, 0.1) is 6.92 Å². The number of nitrogens with zero attached hydrogens (tertiary/aromatic N) is 1. The predicted octanol–water partition coefficient (Wildman–Crippen LogP) is 1.66. The zero-order valence-electron chi connectivity index (χ0n) is 15.1. The van der Waals surface area contributed by atoms with Crippen molar-refractivity contribution in [2.75, 3.05) is 26.4 Å². The molecule has 2 aliphatic heterocycles. The number of ether oxygens (including phenoxy) is 1. The Morgan fingerprint density at radius 2 is 2.00 bits per heavy atom. The molecular formula is C20H30N2O3. The maximum Gasteiger partial charge on any atom is 0.237 e. The molecule has 2 atom stereocenters. The number of likely N-dealkylation sites (tertiary alicyclic amines) is 1. The topological polar surface area (TPSA) is 61.8 Å². The van der Waals surface area contributed by atoms with E-state index in [1.807, 2.05) is 0 Å². The maximum absolute atomic E-state index is 12.8. The van der Waals surface area contributed by atoms with E-state index in [0.717, 1.165) is 51.0 Å². The molecule has 2 fully saturated rings. The molecule has 1 amide bonds. The second-order valence-corrected chi connectivity index (χ2v) is 7.32. The number of nitrogens with one attached hydrogen (secondary N) is 1. The van der Waals surface area contributed by atoms with Gasteiger partial charge in [0.1, 0.15) is 0 Å². The fourth-order valence-electron chi connectivity index (χ4n) is 3.99. The van der Waals surface area contributed by atoms with Crippen molar-refractivity contribution in [2.24, 2.45) is 0 Å². The Hall–Kier alpha value is -1.43. The van der Waals surface area contributed by atoms with E-state index in [2.05, 4.69) is 41.4 Å². The highest BCUT2D eigenvalue weighted by Crippen LogP contribution is 2.25. The molecule has 138 valence electrons. The normalized spacial score (nSPS) is 23.5. The second-order valence-electron chi connectivity index (χ2n) is 7.32. The molecule has 0 aromatic heterocycles. The first-order valence-electron chi connectivity index (χ1n) is 9.47. The summed E-state index contributed by atoms with van der Waals surface area (Å²) in [6, 6.07) is 8.42. The van der Waals surface area contributed by atoms with Crippen molar-refractivity contribution in [3.63, 3.8) is 0 Å². The number of rotatable bonds is 6. The second kappa shape index (κ2) is 8.79. The van der Waals surface area contributed by atoms with Crippen LogP contribution < -0.4 is 5.32 Å². The first-order valence-corrected chi connectivity index (χ1v) is 9.47. The third-order valence-electron chi connectivity index (χ3n) is 5.43. The van der Waals surface area contributed by atoms with Gasteiger partial charge in [0.2, 0.25) is 5.91 Å². The molecule has 2 heterocycles. The van der Waals surface area contributed by atoms with Gasteiger partial charge in [-0.05, 0) is 51.1 Å². The van der Waals surface area contributed by atoms with Crippen molar-refractivity contribution in [3.8, 4) is 0 Å². The molecule has 0 bridgehead atoms. The summed E-state index contributed by atoms with van der Waals surface area (Å²) in [4.78, 5) is 15.2. The third-order valence-corrected chi connectivity index (χ3v) is 5.43. The highest BCUT2D eigenvalue weighted by atomic mass is 16.5. The third kappa shape index (κ3) is 4.81. The molecule has 3 rings (SSSR count). The van der Waals surface area contributed by atoms with Crippen LogP contribution in [-0.4, -0.2) is 60.4 Å². The molecule has 0 aliphatic carbocycles. The van der Waals surface area contributed by atoms with E-state index in [1.165, 1.54) is 5.56 Å². The van der Waals surface area contributed by atoms with Crippen molar-refractivity contribution in [3.05, 3.63) is 35.4 Å². The number of benzene rings is 1. The van der Waals surface area contributed by atoms with Crippen LogP contribution in [0.3, 0.4) is 0 Å². The molecule has 2 saturated heterocycles. The Kier molecular flexibility index (Phi) is 6.45. The SMILES string of the molecule is Cc1ccc(CC(CO)NC(=O)C2CCCN2C2CCOCC2)cc1. The molecule has 2 unspecified atom stereocenters. The summed E-state index contributed by atoms with van der Waals surface area (Å²) < 4.78 is 5.45. The average Bonchev–Trinajstić information content (AvgIpc) is 3.13. The Morgan fingerprint density at radius 1 is 1.28 bits per heavy atom. The smallest absolute Gasteiger partial charge is 0.237 e. The predicted molar refractivity (Wildman–Crippen MR) is 97.5 cm³/mol. The number of hydrogen-bond donors (Lipinski definition) is 2. The first kappa shape index (κ1) is 18.4. The molecule has 25 heavy (non-hydrogen) atoms. The van der Waals surface area contributed by atoms with Gasteiger partial charge in [-0.1, -0.05) is 29.8 Å². The molecule has 0 spiro atoms. The van der Waals surface area contributed by atoms with Gasteiger partial charge in [-0.15, -0.1) is 0 Å². The molecule has 0 radical (unpaired) electrons. The van der Waals surface area contributed by atoms with Gasteiger partial charge in [-0.3, -0.25) is 9.69 Å². The van der Waals surface area contributed by atoms with Gasteiger partial charge in [0.25, 0.3) is 0 Å². The maximum atomic E-state index is 12.8. The van der Waals surface area contributed by atoms with Crippen molar-refractivity contribution in [1.82, 2.24) is 10.2 Å². The Bertz CT molecular complexity index is 555. The van der Waals surface area contributed by atoms with E-state index in [1.54, 1.807) is 0 Å². The Labute approximate surface area is 150 Å². The van der Waals surface area contributed by atoms with Crippen molar-refractivity contribution in [2.45, 2.75) is 57.2 Å².